The first-order valence-corrected chi connectivity index (χ1v) is 6.54. The van der Waals surface area contributed by atoms with Crippen molar-refractivity contribution in [1.82, 2.24) is 4.98 Å². The Balaban J connectivity index is 1.92. The minimum Gasteiger partial charge on any atom is -0.494 e. The van der Waals surface area contributed by atoms with Gasteiger partial charge in [-0.05, 0) is 19.1 Å². The molecule has 5 heteroatoms. The van der Waals surface area contributed by atoms with E-state index in [4.69, 9.17) is 15.2 Å². The van der Waals surface area contributed by atoms with E-state index in [-0.39, 0.29) is 0 Å². The summed E-state index contributed by atoms with van der Waals surface area (Å²) in [5, 5.41) is 0. The summed E-state index contributed by atoms with van der Waals surface area (Å²) in [7, 11) is 1.59. The Hall–Kier alpha value is -1.75. The molecule has 2 N–H and O–H groups in total. The molecule has 18 heavy (non-hydrogen) atoms. The summed E-state index contributed by atoms with van der Waals surface area (Å²) in [6.45, 7) is 2.63. The number of ether oxygens (including phenoxy) is 2. The van der Waals surface area contributed by atoms with Gasteiger partial charge in [-0.15, -0.1) is 11.3 Å². The van der Waals surface area contributed by atoms with Crippen LogP contribution in [0.25, 0.3) is 0 Å². The highest BCUT2D eigenvalue weighted by Crippen LogP contribution is 2.26. The molecule has 2 rings (SSSR count). The van der Waals surface area contributed by atoms with Crippen LogP contribution in [0.1, 0.15) is 10.6 Å². The number of rotatable bonds is 5. The summed E-state index contributed by atoms with van der Waals surface area (Å²) in [5.41, 5.74) is 9.29. The van der Waals surface area contributed by atoms with Gasteiger partial charge in [-0.1, -0.05) is 0 Å². The molecular formula is C13H16N2O2S. The Morgan fingerprint density at radius 3 is 2.89 bits per heavy atom. The molecule has 0 spiro atoms. The summed E-state index contributed by atoms with van der Waals surface area (Å²) in [6, 6.07) is 5.43. The van der Waals surface area contributed by atoms with Crippen molar-refractivity contribution in [2.45, 2.75) is 13.3 Å². The quantitative estimate of drug-likeness (QED) is 0.843. The molecule has 0 saturated heterocycles. The number of thiazole rings is 1. The van der Waals surface area contributed by atoms with Gasteiger partial charge in [-0.3, -0.25) is 0 Å². The molecule has 0 unspecified atom stereocenters. The smallest absolute Gasteiger partial charge is 0.145 e. The Kier molecular flexibility index (Phi) is 4.04. The van der Waals surface area contributed by atoms with Crippen LogP contribution in [0.2, 0.25) is 0 Å². The van der Waals surface area contributed by atoms with Crippen LogP contribution in [0, 0.1) is 6.92 Å². The van der Waals surface area contributed by atoms with Crippen LogP contribution >= 0.6 is 11.3 Å². The van der Waals surface area contributed by atoms with Gasteiger partial charge in [-0.2, -0.15) is 0 Å². The first-order valence-electron chi connectivity index (χ1n) is 5.66. The van der Waals surface area contributed by atoms with Crippen LogP contribution in [-0.4, -0.2) is 18.7 Å². The number of hydrogen-bond donors (Lipinski definition) is 1. The average molecular weight is 264 g/mol. The molecule has 1 heterocycles. The molecule has 0 amide bonds. The number of methoxy groups -OCH3 is 1. The first-order chi connectivity index (χ1) is 8.70. The first kappa shape index (κ1) is 12.7. The number of aromatic nitrogens is 1. The Morgan fingerprint density at radius 1 is 1.39 bits per heavy atom. The molecule has 4 nitrogen and oxygen atoms in total. The van der Waals surface area contributed by atoms with Crippen molar-refractivity contribution in [3.05, 3.63) is 34.3 Å². The van der Waals surface area contributed by atoms with E-state index in [9.17, 15) is 0 Å². The second-order valence-corrected chi connectivity index (χ2v) is 4.80. The van der Waals surface area contributed by atoms with Crippen molar-refractivity contribution < 1.29 is 9.47 Å². The van der Waals surface area contributed by atoms with Gasteiger partial charge in [0.15, 0.2) is 0 Å². The lowest BCUT2D eigenvalue weighted by molar-refractivity contribution is 0.320. The van der Waals surface area contributed by atoms with Crippen molar-refractivity contribution in [2.75, 3.05) is 19.5 Å². The van der Waals surface area contributed by atoms with Crippen LogP contribution in [0.15, 0.2) is 23.7 Å². The summed E-state index contributed by atoms with van der Waals surface area (Å²) in [6.07, 6.45) is 0.864. The highest BCUT2D eigenvalue weighted by atomic mass is 32.1. The lowest BCUT2D eigenvalue weighted by atomic mass is 10.3. The molecule has 96 valence electrons. The Bertz CT molecular complexity index is 525. The second-order valence-electron chi connectivity index (χ2n) is 3.86. The van der Waals surface area contributed by atoms with Crippen LogP contribution in [0.3, 0.4) is 0 Å². The summed E-state index contributed by atoms with van der Waals surface area (Å²) < 4.78 is 10.8. The molecule has 0 bridgehead atoms. The number of nitrogen functional groups attached to an aromatic ring is 1. The predicted molar refractivity (Wildman–Crippen MR) is 73.5 cm³/mol. The Labute approximate surface area is 110 Å². The zero-order valence-electron chi connectivity index (χ0n) is 10.5. The predicted octanol–water partition coefficient (Wildman–Crippen LogP) is 2.66. The Morgan fingerprint density at radius 2 is 2.22 bits per heavy atom. The second kappa shape index (κ2) is 5.73. The fourth-order valence-corrected chi connectivity index (χ4v) is 2.37. The molecule has 0 radical (unpaired) electrons. The largest absolute Gasteiger partial charge is 0.494 e. The molecule has 0 saturated carbocycles. The topological polar surface area (TPSA) is 57.4 Å². The fraction of sp³-hybridized carbons (Fsp3) is 0.308. The molecule has 0 atom stereocenters. The molecule has 1 aromatic heterocycles. The van der Waals surface area contributed by atoms with Gasteiger partial charge in [-0.25, -0.2) is 4.98 Å². The number of nitrogens with two attached hydrogens (primary N) is 1. The molecule has 0 fully saturated rings. The zero-order chi connectivity index (χ0) is 13.0. The third kappa shape index (κ3) is 2.92. The van der Waals surface area contributed by atoms with Gasteiger partial charge >= 0.3 is 0 Å². The maximum Gasteiger partial charge on any atom is 0.145 e. The maximum atomic E-state index is 5.74. The number of anilines is 1. The molecule has 0 aliphatic carbocycles. The fourth-order valence-electron chi connectivity index (χ4n) is 1.61. The van der Waals surface area contributed by atoms with Gasteiger partial charge in [0.1, 0.15) is 11.5 Å². The lowest BCUT2D eigenvalue weighted by Crippen LogP contribution is -2.02. The summed E-state index contributed by atoms with van der Waals surface area (Å²) in [4.78, 5) is 5.47. The van der Waals surface area contributed by atoms with E-state index in [1.54, 1.807) is 30.6 Å². The SMILES string of the molecule is COc1cc(OCCc2scnc2C)ccc1N. The van der Waals surface area contributed by atoms with E-state index in [2.05, 4.69) is 4.98 Å². The van der Waals surface area contributed by atoms with E-state index < -0.39 is 0 Å². The number of nitrogens with zero attached hydrogens (tertiary/aromatic N) is 1. The van der Waals surface area contributed by atoms with E-state index in [1.165, 1.54) is 4.88 Å². The van der Waals surface area contributed by atoms with E-state index >= 15 is 0 Å². The molecule has 1 aromatic carbocycles. The minimum atomic E-state index is 0.614. The van der Waals surface area contributed by atoms with E-state index in [1.807, 2.05) is 18.5 Å². The van der Waals surface area contributed by atoms with Gasteiger partial charge in [0.25, 0.3) is 0 Å². The minimum absolute atomic E-state index is 0.614. The highest BCUT2D eigenvalue weighted by Gasteiger charge is 2.04. The molecular weight excluding hydrogens is 248 g/mol. The van der Waals surface area contributed by atoms with Crippen molar-refractivity contribution >= 4 is 17.0 Å². The number of hydrogen-bond acceptors (Lipinski definition) is 5. The highest BCUT2D eigenvalue weighted by molar-refractivity contribution is 7.09. The van der Waals surface area contributed by atoms with E-state index in [0.29, 0.717) is 18.0 Å². The van der Waals surface area contributed by atoms with Crippen LogP contribution in [-0.2, 0) is 6.42 Å². The van der Waals surface area contributed by atoms with Crippen LogP contribution in [0.5, 0.6) is 11.5 Å². The third-order valence-electron chi connectivity index (χ3n) is 2.65. The number of benzene rings is 1. The standard InChI is InChI=1S/C13H16N2O2S/c1-9-13(18-8-15-9)5-6-17-10-3-4-11(14)12(7-10)16-2/h3-4,7-8H,5-6,14H2,1-2H3. The van der Waals surface area contributed by atoms with Crippen molar-refractivity contribution in [2.24, 2.45) is 0 Å². The summed E-state index contributed by atoms with van der Waals surface area (Å²) in [5.74, 6) is 1.41. The van der Waals surface area contributed by atoms with Crippen molar-refractivity contribution in [1.29, 1.82) is 0 Å². The van der Waals surface area contributed by atoms with Crippen molar-refractivity contribution in [3.8, 4) is 11.5 Å². The zero-order valence-corrected chi connectivity index (χ0v) is 11.3. The lowest BCUT2D eigenvalue weighted by Gasteiger charge is -2.09. The van der Waals surface area contributed by atoms with Crippen molar-refractivity contribution in [3.63, 3.8) is 0 Å². The molecule has 0 aliphatic heterocycles. The van der Waals surface area contributed by atoms with Gasteiger partial charge in [0.2, 0.25) is 0 Å². The summed E-state index contributed by atoms with van der Waals surface area (Å²) >= 11 is 1.66. The third-order valence-corrected chi connectivity index (χ3v) is 3.64. The van der Waals surface area contributed by atoms with Gasteiger partial charge in [0, 0.05) is 17.4 Å². The molecule has 0 aliphatic rings. The van der Waals surface area contributed by atoms with Gasteiger partial charge in [0.05, 0.1) is 30.6 Å². The van der Waals surface area contributed by atoms with Gasteiger partial charge < -0.3 is 15.2 Å². The van der Waals surface area contributed by atoms with Crippen LogP contribution < -0.4 is 15.2 Å². The normalized spacial score (nSPS) is 10.3. The maximum absolute atomic E-state index is 5.74. The molecule has 2 aromatic rings. The average Bonchev–Trinajstić information content (AvgIpc) is 2.77. The monoisotopic (exact) mass is 264 g/mol. The number of aryl methyl sites for hydroxylation is 1. The van der Waals surface area contributed by atoms with Crippen LogP contribution in [0.4, 0.5) is 5.69 Å². The van der Waals surface area contributed by atoms with E-state index in [0.717, 1.165) is 17.9 Å².